The summed E-state index contributed by atoms with van der Waals surface area (Å²) in [5.74, 6) is 0. The molecule has 0 unspecified atom stereocenters. The molecule has 0 heterocycles. The average Bonchev–Trinajstić information content (AvgIpc) is 3.00. The molecule has 0 atom stereocenters. The fourth-order valence-corrected chi connectivity index (χ4v) is 7.27. The molecular weight excluding hydrogens is 491 g/mol. The zero-order valence-electron chi connectivity index (χ0n) is 15.1. The van der Waals surface area contributed by atoms with Crippen molar-refractivity contribution in [3.8, 4) is 0 Å². The Hall–Kier alpha value is 0.803. The van der Waals surface area contributed by atoms with Gasteiger partial charge in [0.2, 0.25) is 0 Å². The van der Waals surface area contributed by atoms with Crippen LogP contribution >= 0.6 is 0 Å². The van der Waals surface area contributed by atoms with Crippen molar-refractivity contribution in [1.82, 2.24) is 0 Å². The molecule has 0 aliphatic heterocycles. The van der Waals surface area contributed by atoms with E-state index in [1.54, 1.807) is 22.3 Å². The monoisotopic (exact) mass is 518 g/mol. The molecule has 0 aromatic heterocycles. The van der Waals surface area contributed by atoms with Gasteiger partial charge < -0.3 is 34.0 Å². The normalized spacial score (nSPS) is 16.7. The molecule has 0 aromatic carbocycles. The Kier molecular flexibility index (Phi) is 12.6. The molecule has 0 saturated heterocycles. The van der Waals surface area contributed by atoms with Gasteiger partial charge in [0.1, 0.15) is 0 Å². The van der Waals surface area contributed by atoms with Crippen LogP contribution in [0.1, 0.15) is 79.1 Å². The van der Waals surface area contributed by atoms with Crippen LogP contribution in [-0.4, -0.2) is 0 Å². The third-order valence-electron chi connectivity index (χ3n) is 4.65. The third-order valence-corrected chi connectivity index (χ3v) is 9.56. The van der Waals surface area contributed by atoms with Gasteiger partial charge in [0.25, 0.3) is 0 Å². The van der Waals surface area contributed by atoms with Crippen LogP contribution in [0.25, 0.3) is 0 Å². The summed E-state index contributed by atoms with van der Waals surface area (Å²) in [6.45, 7) is 9.37. The number of unbranched alkanes of at least 4 members (excludes halogenated alkanes) is 2. The van der Waals surface area contributed by atoms with Crippen molar-refractivity contribution in [2.45, 2.75) is 79.1 Å². The van der Waals surface area contributed by atoms with Gasteiger partial charge in [-0.2, -0.15) is 0 Å². The summed E-state index contributed by atoms with van der Waals surface area (Å²) in [5.41, 5.74) is 6.83. The summed E-state index contributed by atoms with van der Waals surface area (Å²) in [5, 5.41) is 0. The van der Waals surface area contributed by atoms with E-state index < -0.39 is 23.2 Å². The molecule has 0 saturated carbocycles. The minimum atomic E-state index is -0.585. The standard InChI is InChI=1S/2C10H15.2BrH.Zr/c2*1-3-4-5-10-7-6-9(2)8-10;;;/h2*7H,3-6H2,1-2H3;2*1H;/q;;;;+2/p-2. The second-order valence-electron chi connectivity index (χ2n) is 6.51. The topological polar surface area (TPSA) is 0 Å². The van der Waals surface area contributed by atoms with Crippen LogP contribution in [-0.2, 0) is 23.2 Å². The van der Waals surface area contributed by atoms with E-state index in [1.165, 1.54) is 51.4 Å². The van der Waals surface area contributed by atoms with Crippen molar-refractivity contribution in [2.75, 3.05) is 0 Å². The number of halogens is 2. The van der Waals surface area contributed by atoms with Crippen LogP contribution in [0.15, 0.2) is 41.0 Å². The first kappa shape index (κ1) is 23.8. The van der Waals surface area contributed by atoms with Gasteiger partial charge in [0.15, 0.2) is 0 Å². The van der Waals surface area contributed by atoms with E-state index in [-0.39, 0.29) is 34.0 Å². The molecule has 0 spiro atoms. The minimum absolute atomic E-state index is 0. The summed E-state index contributed by atoms with van der Waals surface area (Å²) in [7, 11) is 0. The van der Waals surface area contributed by atoms with Crippen LogP contribution in [0.5, 0.6) is 0 Å². The van der Waals surface area contributed by atoms with Crippen LogP contribution in [0.3, 0.4) is 0 Å². The van der Waals surface area contributed by atoms with Crippen molar-refractivity contribution in [3.63, 3.8) is 0 Å². The van der Waals surface area contributed by atoms with E-state index in [0.717, 1.165) is 0 Å². The predicted octanol–water partition coefficient (Wildman–Crippen LogP) is 0.666. The molecule has 3 heteroatoms. The van der Waals surface area contributed by atoms with Gasteiger partial charge in [-0.1, -0.05) is 0 Å². The quantitative estimate of drug-likeness (QED) is 0.441. The minimum Gasteiger partial charge on any atom is -1.00 e. The number of hydrogen-bond acceptors (Lipinski definition) is 0. The maximum Gasteiger partial charge on any atom is -1.00 e. The second-order valence-corrected chi connectivity index (χ2v) is 9.58. The Labute approximate surface area is 176 Å². The van der Waals surface area contributed by atoms with Gasteiger partial charge in [-0.15, -0.1) is 0 Å². The zero-order chi connectivity index (χ0) is 15.2. The maximum absolute atomic E-state index is 2.53. The molecule has 2 rings (SSSR count). The molecule has 2 aliphatic rings. The fourth-order valence-electron chi connectivity index (χ4n) is 3.20. The molecule has 0 amide bonds. The molecule has 0 aromatic rings. The third kappa shape index (κ3) is 6.55. The van der Waals surface area contributed by atoms with Gasteiger partial charge in [-0.25, -0.2) is 0 Å². The molecule has 128 valence electrons. The van der Waals surface area contributed by atoms with E-state index in [2.05, 4.69) is 39.8 Å². The van der Waals surface area contributed by atoms with E-state index >= 15 is 0 Å². The van der Waals surface area contributed by atoms with Crippen molar-refractivity contribution in [3.05, 3.63) is 41.0 Å². The second kappa shape index (κ2) is 12.2. The zero-order valence-corrected chi connectivity index (χ0v) is 20.7. The molecule has 0 bridgehead atoms. The Morgan fingerprint density at radius 3 is 1.52 bits per heavy atom. The van der Waals surface area contributed by atoms with E-state index in [9.17, 15) is 0 Å². The van der Waals surface area contributed by atoms with Gasteiger partial charge in [0.05, 0.1) is 0 Å². The average molecular weight is 521 g/mol. The Morgan fingerprint density at radius 2 is 1.17 bits per heavy atom. The first-order chi connectivity index (χ1) is 10.2. The SMILES string of the molecule is CCCCC1=CCC(C)=[C]1[Zr+2][C]1=C(C)CC=C1CCCC.[Br-].[Br-]. The summed E-state index contributed by atoms with van der Waals surface area (Å²) in [4.78, 5) is 0. The van der Waals surface area contributed by atoms with Gasteiger partial charge >= 0.3 is 143 Å². The number of hydrogen-bond donors (Lipinski definition) is 0. The molecule has 23 heavy (non-hydrogen) atoms. The van der Waals surface area contributed by atoms with Crippen LogP contribution < -0.4 is 34.0 Å². The van der Waals surface area contributed by atoms with E-state index in [1.807, 2.05) is 6.56 Å². The Bertz CT molecular complexity index is 464. The Balaban J connectivity index is 0.00000242. The molecule has 0 nitrogen and oxygen atoms in total. The molecular formula is C20H30Br2Zr. The smallest absolute Gasteiger partial charge is 1.00 e. The summed E-state index contributed by atoms with van der Waals surface area (Å²) in [6.07, 6.45) is 15.5. The maximum atomic E-state index is 2.53. The van der Waals surface area contributed by atoms with Gasteiger partial charge in [0, 0.05) is 0 Å². The van der Waals surface area contributed by atoms with Crippen molar-refractivity contribution >= 4 is 0 Å². The Morgan fingerprint density at radius 1 is 0.783 bits per heavy atom. The molecule has 2 aliphatic carbocycles. The van der Waals surface area contributed by atoms with E-state index in [0.29, 0.717) is 0 Å². The first-order valence-corrected chi connectivity index (χ1v) is 11.2. The van der Waals surface area contributed by atoms with Crippen molar-refractivity contribution in [1.29, 1.82) is 0 Å². The molecule has 0 N–H and O–H groups in total. The summed E-state index contributed by atoms with van der Waals surface area (Å²) < 4.78 is 3.68. The van der Waals surface area contributed by atoms with E-state index in [4.69, 9.17) is 0 Å². The molecule has 0 fully saturated rings. The van der Waals surface area contributed by atoms with Crippen LogP contribution in [0.4, 0.5) is 0 Å². The number of rotatable bonds is 8. The van der Waals surface area contributed by atoms with Crippen molar-refractivity contribution in [2.24, 2.45) is 0 Å². The molecule has 0 radical (unpaired) electrons. The summed E-state index contributed by atoms with van der Waals surface area (Å²) in [6, 6.07) is 0. The van der Waals surface area contributed by atoms with Crippen LogP contribution in [0.2, 0.25) is 0 Å². The first-order valence-electron chi connectivity index (χ1n) is 8.72. The van der Waals surface area contributed by atoms with Gasteiger partial charge in [-0.3, -0.25) is 0 Å². The van der Waals surface area contributed by atoms with Crippen molar-refractivity contribution < 1.29 is 57.2 Å². The largest absolute Gasteiger partial charge is 1.00 e. The fraction of sp³-hybridized carbons (Fsp3) is 0.600. The van der Waals surface area contributed by atoms with Gasteiger partial charge in [-0.05, 0) is 0 Å². The van der Waals surface area contributed by atoms with Crippen LogP contribution in [0, 0.1) is 0 Å². The number of allylic oxidation sites excluding steroid dienone is 8. The summed E-state index contributed by atoms with van der Waals surface area (Å²) >= 11 is -0.585. The predicted molar refractivity (Wildman–Crippen MR) is 89.9 cm³/mol.